The minimum Gasteiger partial charge on any atom is -0.331 e. The van der Waals surface area contributed by atoms with Crippen molar-refractivity contribution in [2.75, 3.05) is 5.32 Å². The van der Waals surface area contributed by atoms with Gasteiger partial charge in [-0.1, -0.05) is 23.2 Å². The van der Waals surface area contributed by atoms with Crippen LogP contribution in [-0.4, -0.2) is 15.8 Å². The molecule has 0 saturated carbocycles. The summed E-state index contributed by atoms with van der Waals surface area (Å²) in [6.45, 7) is 3.86. The van der Waals surface area contributed by atoms with Crippen LogP contribution in [-0.2, 0) is 7.05 Å². The number of halogens is 2. The Balaban J connectivity index is 2.01. The SMILES string of the molecule is Cc1c(C(C)NC(=O)Nc2ccc(Cl)c(Cl)c2)cnn1C. The molecule has 21 heavy (non-hydrogen) atoms. The van der Waals surface area contributed by atoms with Gasteiger partial charge in [0, 0.05) is 24.0 Å². The normalized spacial score (nSPS) is 12.0. The second-order valence-corrected chi connectivity index (χ2v) is 5.57. The van der Waals surface area contributed by atoms with Crippen molar-refractivity contribution in [1.82, 2.24) is 15.1 Å². The standard InChI is InChI=1S/C14H16Cl2N4O/c1-8(11-7-17-20(3)9(11)2)18-14(21)19-10-4-5-12(15)13(16)6-10/h4-8H,1-3H3,(H2,18,19,21). The van der Waals surface area contributed by atoms with Crippen molar-refractivity contribution in [2.24, 2.45) is 7.05 Å². The molecule has 1 aromatic carbocycles. The van der Waals surface area contributed by atoms with E-state index in [1.807, 2.05) is 20.9 Å². The van der Waals surface area contributed by atoms with Gasteiger partial charge in [-0.05, 0) is 32.0 Å². The van der Waals surface area contributed by atoms with Crippen LogP contribution in [0.1, 0.15) is 24.2 Å². The number of nitrogens with one attached hydrogen (secondary N) is 2. The lowest BCUT2D eigenvalue weighted by Gasteiger charge is -2.14. The molecule has 0 bridgehead atoms. The molecule has 0 saturated heterocycles. The highest BCUT2D eigenvalue weighted by molar-refractivity contribution is 6.42. The van der Waals surface area contributed by atoms with Crippen LogP contribution >= 0.6 is 23.2 Å². The Kier molecular flexibility index (Phi) is 4.75. The van der Waals surface area contributed by atoms with Crippen LogP contribution in [0.2, 0.25) is 10.0 Å². The van der Waals surface area contributed by atoms with Gasteiger partial charge in [-0.2, -0.15) is 5.10 Å². The molecule has 1 aromatic heterocycles. The van der Waals surface area contributed by atoms with E-state index in [2.05, 4.69) is 15.7 Å². The number of rotatable bonds is 3. The maximum absolute atomic E-state index is 12.0. The lowest BCUT2D eigenvalue weighted by atomic mass is 10.1. The molecule has 2 aromatic rings. The molecule has 7 heteroatoms. The lowest BCUT2D eigenvalue weighted by Crippen LogP contribution is -2.31. The van der Waals surface area contributed by atoms with Gasteiger partial charge in [0.1, 0.15) is 0 Å². The van der Waals surface area contributed by atoms with Gasteiger partial charge in [0.2, 0.25) is 0 Å². The van der Waals surface area contributed by atoms with Gasteiger partial charge in [-0.3, -0.25) is 4.68 Å². The highest BCUT2D eigenvalue weighted by atomic mass is 35.5. The fourth-order valence-electron chi connectivity index (χ4n) is 1.96. The second-order valence-electron chi connectivity index (χ2n) is 4.76. The molecule has 1 unspecified atom stereocenters. The Hall–Kier alpha value is -1.72. The number of aryl methyl sites for hydroxylation is 1. The van der Waals surface area contributed by atoms with Gasteiger partial charge in [0.25, 0.3) is 0 Å². The summed E-state index contributed by atoms with van der Waals surface area (Å²) in [5.41, 5.74) is 2.57. The first kappa shape index (κ1) is 15.7. The Morgan fingerprint density at radius 1 is 1.33 bits per heavy atom. The number of anilines is 1. The third-order valence-electron chi connectivity index (χ3n) is 3.26. The second kappa shape index (κ2) is 6.37. The fourth-order valence-corrected chi connectivity index (χ4v) is 2.25. The number of hydrogen-bond donors (Lipinski definition) is 2. The van der Waals surface area contributed by atoms with Crippen LogP contribution in [0, 0.1) is 6.92 Å². The maximum atomic E-state index is 12.0. The summed E-state index contributed by atoms with van der Waals surface area (Å²) in [7, 11) is 1.86. The summed E-state index contributed by atoms with van der Waals surface area (Å²) in [5.74, 6) is 0. The molecule has 1 heterocycles. The number of hydrogen-bond acceptors (Lipinski definition) is 2. The van der Waals surface area contributed by atoms with Gasteiger partial charge < -0.3 is 10.6 Å². The van der Waals surface area contributed by atoms with Crippen molar-refractivity contribution < 1.29 is 4.79 Å². The van der Waals surface area contributed by atoms with E-state index in [-0.39, 0.29) is 12.1 Å². The number of urea groups is 1. The van der Waals surface area contributed by atoms with Crippen molar-refractivity contribution >= 4 is 34.9 Å². The molecule has 0 aliphatic heterocycles. The minimum absolute atomic E-state index is 0.151. The first-order valence-electron chi connectivity index (χ1n) is 6.39. The average Bonchev–Trinajstić information content (AvgIpc) is 2.74. The molecule has 0 aliphatic carbocycles. The summed E-state index contributed by atoms with van der Waals surface area (Å²) in [6, 6.07) is 4.46. The van der Waals surface area contributed by atoms with Crippen LogP contribution in [0.5, 0.6) is 0 Å². The minimum atomic E-state index is -0.316. The summed E-state index contributed by atoms with van der Waals surface area (Å²) in [5, 5.41) is 10.6. The van der Waals surface area contributed by atoms with E-state index in [0.29, 0.717) is 15.7 Å². The first-order valence-corrected chi connectivity index (χ1v) is 7.15. The predicted molar refractivity (Wildman–Crippen MR) is 85.0 cm³/mol. The van der Waals surface area contributed by atoms with E-state index in [9.17, 15) is 4.79 Å². The molecule has 5 nitrogen and oxygen atoms in total. The number of aromatic nitrogens is 2. The van der Waals surface area contributed by atoms with Crippen molar-refractivity contribution in [1.29, 1.82) is 0 Å². The molecule has 2 N–H and O–H groups in total. The zero-order valence-electron chi connectivity index (χ0n) is 11.9. The van der Waals surface area contributed by atoms with Crippen molar-refractivity contribution in [3.8, 4) is 0 Å². The Morgan fingerprint density at radius 3 is 2.62 bits per heavy atom. The van der Waals surface area contributed by atoms with Crippen molar-refractivity contribution in [3.05, 3.63) is 45.7 Å². The molecular formula is C14H16Cl2N4O. The molecular weight excluding hydrogens is 311 g/mol. The van der Waals surface area contributed by atoms with Crippen LogP contribution in [0.25, 0.3) is 0 Å². The van der Waals surface area contributed by atoms with Crippen LogP contribution in [0.3, 0.4) is 0 Å². The van der Waals surface area contributed by atoms with E-state index in [1.54, 1.807) is 29.1 Å². The van der Waals surface area contributed by atoms with E-state index in [4.69, 9.17) is 23.2 Å². The molecule has 2 rings (SSSR count). The molecule has 1 atom stereocenters. The van der Waals surface area contributed by atoms with Crippen molar-refractivity contribution in [3.63, 3.8) is 0 Å². The highest BCUT2D eigenvalue weighted by Gasteiger charge is 2.14. The highest BCUT2D eigenvalue weighted by Crippen LogP contribution is 2.25. The largest absolute Gasteiger partial charge is 0.331 e. The number of amides is 2. The zero-order valence-corrected chi connectivity index (χ0v) is 13.5. The van der Waals surface area contributed by atoms with Gasteiger partial charge in [-0.25, -0.2) is 4.79 Å². The molecule has 2 amide bonds. The molecule has 0 aliphatic rings. The number of nitrogens with zero attached hydrogens (tertiary/aromatic N) is 2. The third kappa shape index (κ3) is 3.68. The van der Waals surface area contributed by atoms with E-state index in [1.165, 1.54) is 0 Å². The zero-order chi connectivity index (χ0) is 15.6. The summed E-state index contributed by atoms with van der Waals surface area (Å²) in [4.78, 5) is 12.0. The summed E-state index contributed by atoms with van der Waals surface area (Å²) >= 11 is 11.7. The van der Waals surface area contributed by atoms with Gasteiger partial charge >= 0.3 is 6.03 Å². The smallest absolute Gasteiger partial charge is 0.319 e. The van der Waals surface area contributed by atoms with Crippen LogP contribution < -0.4 is 10.6 Å². The number of carbonyl (C=O) groups is 1. The van der Waals surface area contributed by atoms with Crippen molar-refractivity contribution in [2.45, 2.75) is 19.9 Å². The quantitative estimate of drug-likeness (QED) is 0.898. The fraction of sp³-hybridized carbons (Fsp3) is 0.286. The van der Waals surface area contributed by atoms with Crippen LogP contribution in [0.15, 0.2) is 24.4 Å². The van der Waals surface area contributed by atoms with Gasteiger partial charge in [0.15, 0.2) is 0 Å². The first-order chi connectivity index (χ1) is 9.88. The lowest BCUT2D eigenvalue weighted by molar-refractivity contribution is 0.249. The van der Waals surface area contributed by atoms with E-state index >= 15 is 0 Å². The molecule has 0 spiro atoms. The molecule has 112 valence electrons. The monoisotopic (exact) mass is 326 g/mol. The van der Waals surface area contributed by atoms with Gasteiger partial charge in [0.05, 0.1) is 22.3 Å². The number of benzene rings is 1. The summed E-state index contributed by atoms with van der Waals surface area (Å²) < 4.78 is 1.77. The van der Waals surface area contributed by atoms with Crippen LogP contribution in [0.4, 0.5) is 10.5 Å². The Labute approximate surface area is 133 Å². The predicted octanol–water partition coefficient (Wildman–Crippen LogP) is 3.92. The average molecular weight is 327 g/mol. The maximum Gasteiger partial charge on any atom is 0.319 e. The third-order valence-corrected chi connectivity index (χ3v) is 4.00. The Morgan fingerprint density at radius 2 is 2.05 bits per heavy atom. The molecule has 0 radical (unpaired) electrons. The summed E-state index contributed by atoms with van der Waals surface area (Å²) in [6.07, 6.45) is 1.75. The van der Waals surface area contributed by atoms with E-state index < -0.39 is 0 Å². The van der Waals surface area contributed by atoms with E-state index in [0.717, 1.165) is 11.3 Å². The Bertz CT molecular complexity index is 669. The topological polar surface area (TPSA) is 59.0 Å². The number of carbonyl (C=O) groups excluding carboxylic acids is 1. The van der Waals surface area contributed by atoms with Gasteiger partial charge in [-0.15, -0.1) is 0 Å². The molecule has 0 fully saturated rings.